The molecular weight excluding hydrogens is 357 g/mol. The first-order valence-corrected chi connectivity index (χ1v) is 7.60. The Labute approximate surface area is 126 Å². The third-order valence-electron chi connectivity index (χ3n) is 3.30. The van der Waals surface area contributed by atoms with Gasteiger partial charge in [0.2, 0.25) is 0 Å². The Morgan fingerprint density at radius 1 is 1.53 bits per heavy atom. The molecule has 0 aliphatic carbocycles. The Kier molecular flexibility index (Phi) is 5.45. The number of halogens is 1. The maximum absolute atomic E-state index is 11.0. The Hall–Kier alpha value is -0.820. The lowest BCUT2D eigenvalue weighted by atomic mass is 10.2. The molecule has 1 aromatic carbocycles. The minimum Gasteiger partial charge on any atom is -0.494 e. The molecule has 104 valence electrons. The summed E-state index contributed by atoms with van der Waals surface area (Å²) in [4.78, 5) is 13.1. The molecule has 0 saturated carbocycles. The predicted octanol–water partition coefficient (Wildman–Crippen LogP) is 2.61. The minimum absolute atomic E-state index is 0.294. The van der Waals surface area contributed by atoms with Crippen LogP contribution < -0.4 is 4.74 Å². The third-order valence-corrected chi connectivity index (χ3v) is 3.97. The Morgan fingerprint density at radius 3 is 3.11 bits per heavy atom. The van der Waals surface area contributed by atoms with E-state index < -0.39 is 5.97 Å². The SMILES string of the molecule is O=C(O)C1CCCN1CCCOc1cccc(I)c1. The van der Waals surface area contributed by atoms with E-state index in [2.05, 4.69) is 22.6 Å². The van der Waals surface area contributed by atoms with Gasteiger partial charge in [0.1, 0.15) is 11.8 Å². The van der Waals surface area contributed by atoms with Crippen molar-refractivity contribution in [1.29, 1.82) is 0 Å². The highest BCUT2D eigenvalue weighted by molar-refractivity contribution is 14.1. The summed E-state index contributed by atoms with van der Waals surface area (Å²) in [7, 11) is 0. The van der Waals surface area contributed by atoms with Crippen LogP contribution in [0.5, 0.6) is 5.75 Å². The zero-order chi connectivity index (χ0) is 13.7. The van der Waals surface area contributed by atoms with Crippen molar-refractivity contribution in [3.8, 4) is 5.75 Å². The largest absolute Gasteiger partial charge is 0.494 e. The lowest BCUT2D eigenvalue weighted by Crippen LogP contribution is -2.36. The second-order valence-corrected chi connectivity index (χ2v) is 5.94. The number of benzene rings is 1. The average Bonchev–Trinajstić information content (AvgIpc) is 2.83. The van der Waals surface area contributed by atoms with E-state index in [1.165, 1.54) is 0 Å². The Morgan fingerprint density at radius 2 is 2.37 bits per heavy atom. The molecule has 1 heterocycles. The number of hydrogen-bond acceptors (Lipinski definition) is 3. The number of carboxylic acids is 1. The van der Waals surface area contributed by atoms with Crippen LogP contribution in [0.25, 0.3) is 0 Å². The quantitative estimate of drug-likeness (QED) is 0.614. The average molecular weight is 375 g/mol. The summed E-state index contributed by atoms with van der Waals surface area (Å²) in [5, 5.41) is 9.07. The Balaban J connectivity index is 1.71. The van der Waals surface area contributed by atoms with Crippen LogP contribution in [0.4, 0.5) is 0 Å². The molecule has 0 amide bonds. The molecule has 1 aliphatic rings. The van der Waals surface area contributed by atoms with Crippen molar-refractivity contribution >= 4 is 28.6 Å². The van der Waals surface area contributed by atoms with E-state index in [1.54, 1.807) is 0 Å². The van der Waals surface area contributed by atoms with Crippen LogP contribution in [0.15, 0.2) is 24.3 Å². The van der Waals surface area contributed by atoms with E-state index >= 15 is 0 Å². The van der Waals surface area contributed by atoms with Crippen molar-refractivity contribution in [2.24, 2.45) is 0 Å². The van der Waals surface area contributed by atoms with Crippen LogP contribution in [0.1, 0.15) is 19.3 Å². The fourth-order valence-corrected chi connectivity index (χ4v) is 2.90. The number of ether oxygens (including phenoxy) is 1. The molecule has 1 aromatic rings. The molecule has 1 aliphatic heterocycles. The van der Waals surface area contributed by atoms with Gasteiger partial charge in [0.25, 0.3) is 0 Å². The first-order valence-electron chi connectivity index (χ1n) is 6.52. The topological polar surface area (TPSA) is 49.8 Å². The van der Waals surface area contributed by atoms with E-state index in [0.29, 0.717) is 6.61 Å². The summed E-state index contributed by atoms with van der Waals surface area (Å²) >= 11 is 2.25. The van der Waals surface area contributed by atoms with E-state index in [9.17, 15) is 4.79 Å². The number of carbonyl (C=O) groups is 1. The lowest BCUT2D eigenvalue weighted by Gasteiger charge is -2.20. The molecule has 1 fully saturated rings. The Bertz CT molecular complexity index is 438. The van der Waals surface area contributed by atoms with Crippen LogP contribution in [0.3, 0.4) is 0 Å². The van der Waals surface area contributed by atoms with Gasteiger partial charge in [-0.3, -0.25) is 9.69 Å². The van der Waals surface area contributed by atoms with E-state index in [4.69, 9.17) is 9.84 Å². The molecular formula is C14H18INO3. The van der Waals surface area contributed by atoms with Crippen LogP contribution >= 0.6 is 22.6 Å². The normalized spacial score (nSPS) is 19.5. The molecule has 0 aromatic heterocycles. The molecule has 2 rings (SSSR count). The third kappa shape index (κ3) is 4.35. The smallest absolute Gasteiger partial charge is 0.320 e. The second-order valence-electron chi connectivity index (χ2n) is 4.69. The highest BCUT2D eigenvalue weighted by atomic mass is 127. The first-order chi connectivity index (χ1) is 9.16. The van der Waals surface area contributed by atoms with E-state index in [1.807, 2.05) is 29.2 Å². The summed E-state index contributed by atoms with van der Waals surface area (Å²) in [5.41, 5.74) is 0. The van der Waals surface area contributed by atoms with Crippen LogP contribution in [-0.4, -0.2) is 41.7 Å². The number of rotatable bonds is 6. The van der Waals surface area contributed by atoms with Crippen molar-refractivity contribution in [3.05, 3.63) is 27.8 Å². The van der Waals surface area contributed by atoms with Crippen LogP contribution in [0, 0.1) is 3.57 Å². The summed E-state index contributed by atoms with van der Waals surface area (Å²) in [6.45, 7) is 2.31. The molecule has 0 bridgehead atoms. The number of hydrogen-bond donors (Lipinski definition) is 1. The molecule has 1 N–H and O–H groups in total. The zero-order valence-electron chi connectivity index (χ0n) is 10.7. The molecule has 5 heteroatoms. The zero-order valence-corrected chi connectivity index (χ0v) is 12.9. The standard InChI is InChI=1S/C14H18INO3/c15-11-4-1-5-12(10-11)19-9-3-8-16-7-2-6-13(16)14(17)18/h1,4-5,10,13H,2-3,6-9H2,(H,17,18). The van der Waals surface area contributed by atoms with Crippen molar-refractivity contribution in [2.75, 3.05) is 19.7 Å². The van der Waals surface area contributed by atoms with Gasteiger partial charge in [-0.15, -0.1) is 0 Å². The van der Waals surface area contributed by atoms with Crippen molar-refractivity contribution < 1.29 is 14.6 Å². The monoisotopic (exact) mass is 375 g/mol. The summed E-state index contributed by atoms with van der Waals surface area (Å²) in [6, 6.07) is 7.64. The van der Waals surface area contributed by atoms with Gasteiger partial charge in [-0.1, -0.05) is 6.07 Å². The van der Waals surface area contributed by atoms with Gasteiger partial charge in [0.05, 0.1) is 6.61 Å². The predicted molar refractivity (Wildman–Crippen MR) is 81.5 cm³/mol. The van der Waals surface area contributed by atoms with Gasteiger partial charge in [0.15, 0.2) is 0 Å². The van der Waals surface area contributed by atoms with Gasteiger partial charge < -0.3 is 9.84 Å². The number of likely N-dealkylation sites (tertiary alicyclic amines) is 1. The van der Waals surface area contributed by atoms with Gasteiger partial charge >= 0.3 is 5.97 Å². The van der Waals surface area contributed by atoms with Gasteiger partial charge in [-0.05, 0) is 66.6 Å². The molecule has 1 atom stereocenters. The minimum atomic E-state index is -0.698. The molecule has 4 nitrogen and oxygen atoms in total. The summed E-state index contributed by atoms with van der Waals surface area (Å²) in [6.07, 6.45) is 2.61. The van der Waals surface area contributed by atoms with Crippen molar-refractivity contribution in [1.82, 2.24) is 4.90 Å². The maximum Gasteiger partial charge on any atom is 0.320 e. The van der Waals surface area contributed by atoms with Crippen LogP contribution in [-0.2, 0) is 4.79 Å². The first kappa shape index (κ1) is 14.6. The number of nitrogens with zero attached hydrogens (tertiary/aromatic N) is 1. The number of aliphatic carboxylic acids is 1. The van der Waals surface area contributed by atoms with Gasteiger partial charge in [0, 0.05) is 10.1 Å². The van der Waals surface area contributed by atoms with Crippen molar-refractivity contribution in [3.63, 3.8) is 0 Å². The highest BCUT2D eigenvalue weighted by Crippen LogP contribution is 2.18. The second kappa shape index (κ2) is 7.09. The number of carboxylic acid groups (broad SMARTS) is 1. The molecule has 0 spiro atoms. The molecule has 1 saturated heterocycles. The van der Waals surface area contributed by atoms with Gasteiger partial charge in [-0.2, -0.15) is 0 Å². The molecule has 1 unspecified atom stereocenters. The fourth-order valence-electron chi connectivity index (χ4n) is 2.39. The molecule has 0 radical (unpaired) electrons. The lowest BCUT2D eigenvalue weighted by molar-refractivity contribution is -0.142. The van der Waals surface area contributed by atoms with Crippen molar-refractivity contribution in [2.45, 2.75) is 25.3 Å². The van der Waals surface area contributed by atoms with Gasteiger partial charge in [-0.25, -0.2) is 0 Å². The van der Waals surface area contributed by atoms with E-state index in [0.717, 1.165) is 41.7 Å². The fraction of sp³-hybridized carbons (Fsp3) is 0.500. The highest BCUT2D eigenvalue weighted by Gasteiger charge is 2.29. The molecule has 19 heavy (non-hydrogen) atoms. The van der Waals surface area contributed by atoms with Crippen LogP contribution in [0.2, 0.25) is 0 Å². The summed E-state index contributed by atoms with van der Waals surface area (Å²) < 4.78 is 6.82. The summed E-state index contributed by atoms with van der Waals surface area (Å²) in [5.74, 6) is 0.180. The van der Waals surface area contributed by atoms with E-state index in [-0.39, 0.29) is 6.04 Å². The maximum atomic E-state index is 11.0.